The molecule has 1 atom stereocenters. The molecule has 0 amide bonds. The molecule has 0 saturated heterocycles. The lowest BCUT2D eigenvalue weighted by atomic mass is 10.1. The lowest BCUT2D eigenvalue weighted by Gasteiger charge is -2.05. The maximum atomic E-state index is 8.60. The molecule has 1 aromatic heterocycles. The first-order chi connectivity index (χ1) is 8.15. The molecule has 1 unspecified atom stereocenters. The highest BCUT2D eigenvalue weighted by Crippen LogP contribution is 2.07. The smallest absolute Gasteiger partial charge is 0.129 e. The van der Waals surface area contributed by atoms with E-state index in [0.717, 1.165) is 17.7 Å². The molecular weight excluding hydrogens is 238 g/mol. The molecule has 0 fully saturated rings. The Labute approximate surface area is 106 Å². The zero-order valence-corrected chi connectivity index (χ0v) is 10.7. The summed E-state index contributed by atoms with van der Waals surface area (Å²) in [5, 5.41) is 12.1. The molecule has 5 heteroatoms. The first kappa shape index (κ1) is 13.6. The Hall–Kier alpha value is -1.42. The van der Waals surface area contributed by atoms with E-state index in [1.807, 2.05) is 13.0 Å². The van der Waals surface area contributed by atoms with E-state index in [1.54, 1.807) is 12.3 Å². The number of hydrogen-bond acceptors (Lipinski definition) is 4. The molecule has 17 heavy (non-hydrogen) atoms. The molecule has 0 aliphatic carbocycles. The van der Waals surface area contributed by atoms with Crippen molar-refractivity contribution in [2.75, 3.05) is 0 Å². The minimum Gasteiger partial charge on any atom is -0.411 e. The number of pyridine rings is 1. The zero-order chi connectivity index (χ0) is 12.7. The van der Waals surface area contributed by atoms with Crippen LogP contribution in [-0.4, -0.2) is 28.2 Å². The molecular formula is C12H16ClN3O. The fourth-order valence-corrected chi connectivity index (χ4v) is 1.40. The molecule has 1 heterocycles. The third-order valence-electron chi connectivity index (χ3n) is 2.36. The largest absolute Gasteiger partial charge is 0.411 e. The Kier molecular flexibility index (Phi) is 5.63. The quantitative estimate of drug-likeness (QED) is 0.380. The van der Waals surface area contributed by atoms with Crippen LogP contribution < -0.4 is 0 Å². The maximum Gasteiger partial charge on any atom is 0.129 e. The van der Waals surface area contributed by atoms with Crippen molar-refractivity contribution >= 4 is 23.5 Å². The minimum atomic E-state index is 0.211. The molecule has 4 nitrogen and oxygen atoms in total. The van der Waals surface area contributed by atoms with Crippen molar-refractivity contribution in [2.24, 2.45) is 10.1 Å². The lowest BCUT2D eigenvalue weighted by molar-refractivity contribution is 0.322. The van der Waals surface area contributed by atoms with Crippen LogP contribution in [0.15, 0.2) is 28.5 Å². The van der Waals surface area contributed by atoms with Gasteiger partial charge in [0.05, 0.1) is 11.9 Å². The van der Waals surface area contributed by atoms with E-state index in [2.05, 4.69) is 22.1 Å². The van der Waals surface area contributed by atoms with Crippen LogP contribution >= 0.6 is 11.6 Å². The van der Waals surface area contributed by atoms with Gasteiger partial charge in [0.1, 0.15) is 5.15 Å². The predicted octanol–water partition coefficient (Wildman–Crippen LogP) is 2.98. The topological polar surface area (TPSA) is 57.8 Å². The lowest BCUT2D eigenvalue weighted by Crippen LogP contribution is -2.10. The Morgan fingerprint density at radius 3 is 2.88 bits per heavy atom. The first-order valence-corrected chi connectivity index (χ1v) is 5.88. The number of halogens is 1. The second-order valence-corrected chi connectivity index (χ2v) is 4.18. The van der Waals surface area contributed by atoms with Crippen LogP contribution in [0.5, 0.6) is 0 Å². The highest BCUT2D eigenvalue weighted by Gasteiger charge is 2.03. The van der Waals surface area contributed by atoms with Gasteiger partial charge in [-0.2, -0.15) is 0 Å². The van der Waals surface area contributed by atoms with E-state index in [4.69, 9.17) is 16.8 Å². The summed E-state index contributed by atoms with van der Waals surface area (Å²) in [6, 6.07) is 3.82. The molecule has 0 saturated carbocycles. The monoisotopic (exact) mass is 253 g/mol. The average Bonchev–Trinajstić information content (AvgIpc) is 2.32. The van der Waals surface area contributed by atoms with Gasteiger partial charge in [0, 0.05) is 18.7 Å². The fourth-order valence-electron chi connectivity index (χ4n) is 1.29. The summed E-state index contributed by atoms with van der Waals surface area (Å²) >= 11 is 5.71. The summed E-state index contributed by atoms with van der Waals surface area (Å²) in [4.78, 5) is 8.44. The van der Waals surface area contributed by atoms with Crippen LogP contribution in [0.4, 0.5) is 0 Å². The number of rotatable bonds is 5. The van der Waals surface area contributed by atoms with Crippen LogP contribution in [0.1, 0.15) is 25.8 Å². The van der Waals surface area contributed by atoms with Crippen molar-refractivity contribution in [1.82, 2.24) is 4.98 Å². The SMILES string of the molecule is CCC(C)N=C(C=NO)Cc1ccc(Cl)nc1. The number of aliphatic imine (C=N–C) groups is 1. The van der Waals surface area contributed by atoms with Gasteiger partial charge in [0.25, 0.3) is 0 Å². The van der Waals surface area contributed by atoms with E-state index in [1.165, 1.54) is 6.21 Å². The van der Waals surface area contributed by atoms with Gasteiger partial charge in [-0.1, -0.05) is 29.7 Å². The fraction of sp³-hybridized carbons (Fsp3) is 0.417. The Morgan fingerprint density at radius 1 is 1.59 bits per heavy atom. The van der Waals surface area contributed by atoms with Crippen molar-refractivity contribution in [1.29, 1.82) is 0 Å². The van der Waals surface area contributed by atoms with Crippen LogP contribution in [0.25, 0.3) is 0 Å². The van der Waals surface area contributed by atoms with Gasteiger partial charge in [-0.15, -0.1) is 0 Å². The summed E-state index contributed by atoms with van der Waals surface area (Å²) in [6.07, 6.45) is 4.58. The highest BCUT2D eigenvalue weighted by atomic mass is 35.5. The van der Waals surface area contributed by atoms with Crippen molar-refractivity contribution in [3.05, 3.63) is 29.0 Å². The van der Waals surface area contributed by atoms with Crippen LogP contribution in [0.2, 0.25) is 5.15 Å². The van der Waals surface area contributed by atoms with Gasteiger partial charge in [-0.3, -0.25) is 4.99 Å². The summed E-state index contributed by atoms with van der Waals surface area (Å²) in [7, 11) is 0. The summed E-state index contributed by atoms with van der Waals surface area (Å²) in [6.45, 7) is 4.08. The van der Waals surface area contributed by atoms with Crippen LogP contribution in [-0.2, 0) is 6.42 Å². The normalized spacial score (nSPS) is 14.2. The Balaban J connectivity index is 2.80. The van der Waals surface area contributed by atoms with Crippen LogP contribution in [0.3, 0.4) is 0 Å². The van der Waals surface area contributed by atoms with Gasteiger partial charge < -0.3 is 5.21 Å². The minimum absolute atomic E-state index is 0.211. The Morgan fingerprint density at radius 2 is 2.35 bits per heavy atom. The molecule has 0 aromatic carbocycles. The molecule has 0 aliphatic heterocycles. The second kappa shape index (κ2) is 7.01. The van der Waals surface area contributed by atoms with Gasteiger partial charge in [-0.05, 0) is 25.0 Å². The van der Waals surface area contributed by atoms with Gasteiger partial charge in [-0.25, -0.2) is 4.98 Å². The molecule has 0 bridgehead atoms. The zero-order valence-electron chi connectivity index (χ0n) is 9.97. The van der Waals surface area contributed by atoms with Crippen molar-refractivity contribution in [3.8, 4) is 0 Å². The molecule has 1 N–H and O–H groups in total. The van der Waals surface area contributed by atoms with E-state index < -0.39 is 0 Å². The van der Waals surface area contributed by atoms with E-state index in [0.29, 0.717) is 11.6 Å². The summed E-state index contributed by atoms with van der Waals surface area (Å²) in [5.74, 6) is 0. The third-order valence-corrected chi connectivity index (χ3v) is 2.58. The van der Waals surface area contributed by atoms with Gasteiger partial charge >= 0.3 is 0 Å². The molecule has 92 valence electrons. The summed E-state index contributed by atoms with van der Waals surface area (Å²) < 4.78 is 0. The molecule has 0 radical (unpaired) electrons. The molecule has 1 aromatic rings. The number of hydrogen-bond donors (Lipinski definition) is 1. The first-order valence-electron chi connectivity index (χ1n) is 5.50. The van der Waals surface area contributed by atoms with E-state index in [-0.39, 0.29) is 6.04 Å². The molecule has 0 aliphatic rings. The highest BCUT2D eigenvalue weighted by molar-refractivity contribution is 6.31. The second-order valence-electron chi connectivity index (χ2n) is 3.79. The summed E-state index contributed by atoms with van der Waals surface area (Å²) in [5.41, 5.74) is 1.71. The average molecular weight is 254 g/mol. The van der Waals surface area contributed by atoms with E-state index >= 15 is 0 Å². The van der Waals surface area contributed by atoms with Gasteiger partial charge in [0.15, 0.2) is 0 Å². The Bertz CT molecular complexity index is 401. The molecule has 1 rings (SSSR count). The van der Waals surface area contributed by atoms with Crippen molar-refractivity contribution < 1.29 is 5.21 Å². The van der Waals surface area contributed by atoms with Crippen molar-refractivity contribution in [3.63, 3.8) is 0 Å². The van der Waals surface area contributed by atoms with E-state index in [9.17, 15) is 0 Å². The standard InChI is InChI=1S/C12H16ClN3O/c1-3-9(2)16-11(8-15-17)6-10-4-5-12(13)14-7-10/h4-5,7-9,17H,3,6H2,1-2H3. The van der Waals surface area contributed by atoms with Gasteiger partial charge in [0.2, 0.25) is 0 Å². The predicted molar refractivity (Wildman–Crippen MR) is 70.4 cm³/mol. The number of oxime groups is 1. The van der Waals surface area contributed by atoms with Crippen LogP contribution in [0, 0.1) is 0 Å². The number of aromatic nitrogens is 1. The van der Waals surface area contributed by atoms with Crippen molar-refractivity contribution in [2.45, 2.75) is 32.7 Å². The maximum absolute atomic E-state index is 8.60. The molecule has 0 spiro atoms. The number of nitrogens with zero attached hydrogens (tertiary/aromatic N) is 3. The third kappa shape index (κ3) is 4.95.